The molecule has 0 aliphatic heterocycles. The van der Waals surface area contributed by atoms with Crippen molar-refractivity contribution in [3.05, 3.63) is 71.1 Å². The molecule has 0 spiro atoms. The van der Waals surface area contributed by atoms with E-state index < -0.39 is 0 Å². The second kappa shape index (κ2) is 6.60. The summed E-state index contributed by atoms with van der Waals surface area (Å²) < 4.78 is 5.03. The Morgan fingerprint density at radius 3 is 2.57 bits per heavy atom. The largest absolute Gasteiger partial charge is 0.467 e. The minimum Gasteiger partial charge on any atom is -0.467 e. The van der Waals surface area contributed by atoms with Crippen molar-refractivity contribution in [2.75, 3.05) is 7.11 Å². The van der Waals surface area contributed by atoms with Gasteiger partial charge in [0.1, 0.15) is 0 Å². The summed E-state index contributed by atoms with van der Waals surface area (Å²) in [5.74, 6) is 0.189. The number of imidazole rings is 1. The third-order valence-corrected chi connectivity index (χ3v) is 4.22. The van der Waals surface area contributed by atoms with Crippen molar-refractivity contribution in [2.24, 2.45) is 0 Å². The van der Waals surface area contributed by atoms with Gasteiger partial charge in [-0.2, -0.15) is 0 Å². The predicted octanol–water partition coefficient (Wildman–Crippen LogP) is 3.20. The summed E-state index contributed by atoms with van der Waals surface area (Å²) in [6.07, 6.45) is 8.05. The number of hydrogen-bond acceptors (Lipinski definition) is 4. The van der Waals surface area contributed by atoms with Gasteiger partial charge >= 0.3 is 6.01 Å². The molecular formula is C18H20N4O. The molecule has 0 amide bonds. The Kier molecular flexibility index (Phi) is 4.37. The molecule has 1 N–H and O–H groups in total. The first-order valence-electron chi connectivity index (χ1n) is 7.58. The molecule has 0 fully saturated rings. The second-order valence-electron chi connectivity index (χ2n) is 5.63. The monoisotopic (exact) mass is 308 g/mol. The van der Waals surface area contributed by atoms with Crippen molar-refractivity contribution in [1.82, 2.24) is 19.9 Å². The molecule has 0 saturated heterocycles. The number of aryl methyl sites for hydroxylation is 1. The molecule has 23 heavy (non-hydrogen) atoms. The summed E-state index contributed by atoms with van der Waals surface area (Å²) in [7, 11) is 1.57. The minimum absolute atomic E-state index is 0.189. The smallest absolute Gasteiger partial charge is 0.316 e. The van der Waals surface area contributed by atoms with Gasteiger partial charge in [-0.3, -0.25) is 0 Å². The van der Waals surface area contributed by atoms with E-state index in [-0.39, 0.29) is 5.92 Å². The number of rotatable bonds is 5. The molecular weight excluding hydrogens is 288 g/mol. The van der Waals surface area contributed by atoms with Crippen LogP contribution in [0.4, 0.5) is 0 Å². The van der Waals surface area contributed by atoms with Gasteiger partial charge in [0.15, 0.2) is 0 Å². The molecule has 5 heteroatoms. The van der Waals surface area contributed by atoms with Crippen LogP contribution in [0.25, 0.3) is 0 Å². The third kappa shape index (κ3) is 3.23. The fourth-order valence-electron chi connectivity index (χ4n) is 2.79. The Bertz CT molecular complexity index is 766. The maximum Gasteiger partial charge on any atom is 0.316 e. The van der Waals surface area contributed by atoms with Crippen LogP contribution >= 0.6 is 0 Å². The van der Waals surface area contributed by atoms with Gasteiger partial charge < -0.3 is 9.72 Å². The Morgan fingerprint density at radius 1 is 1.13 bits per heavy atom. The fraction of sp³-hybridized carbons (Fsp3) is 0.278. The molecule has 3 aromatic rings. The van der Waals surface area contributed by atoms with E-state index in [1.54, 1.807) is 13.4 Å². The average Bonchev–Trinajstić information content (AvgIpc) is 3.10. The van der Waals surface area contributed by atoms with E-state index in [0.29, 0.717) is 6.01 Å². The molecule has 118 valence electrons. The quantitative estimate of drug-likeness (QED) is 0.786. The molecule has 5 nitrogen and oxygen atoms in total. The highest BCUT2D eigenvalue weighted by Crippen LogP contribution is 2.30. The number of nitrogens with one attached hydrogen (secondary N) is 1. The van der Waals surface area contributed by atoms with Gasteiger partial charge in [0, 0.05) is 30.2 Å². The highest BCUT2D eigenvalue weighted by molar-refractivity contribution is 5.40. The number of nitrogens with zero attached hydrogens (tertiary/aromatic N) is 3. The van der Waals surface area contributed by atoms with Crippen molar-refractivity contribution >= 4 is 0 Å². The van der Waals surface area contributed by atoms with Crippen LogP contribution in [0.3, 0.4) is 0 Å². The maximum atomic E-state index is 5.03. The van der Waals surface area contributed by atoms with Gasteiger partial charge in [0.2, 0.25) is 0 Å². The maximum absolute atomic E-state index is 5.03. The lowest BCUT2D eigenvalue weighted by Gasteiger charge is -2.19. The molecule has 0 aliphatic rings. The summed E-state index contributed by atoms with van der Waals surface area (Å²) in [5, 5.41) is 0. The van der Waals surface area contributed by atoms with E-state index in [9.17, 15) is 0 Å². The lowest BCUT2D eigenvalue weighted by molar-refractivity contribution is 0.379. The Balaban J connectivity index is 1.97. The minimum atomic E-state index is 0.189. The first kappa shape index (κ1) is 15.2. The Hall–Kier alpha value is -2.69. The number of methoxy groups -OCH3 is 1. The lowest BCUT2D eigenvalue weighted by atomic mass is 9.86. The number of ether oxygens (including phenoxy) is 1. The molecule has 1 aromatic carbocycles. The van der Waals surface area contributed by atoms with E-state index in [1.165, 1.54) is 16.7 Å². The number of hydrogen-bond donors (Lipinski definition) is 1. The first-order valence-corrected chi connectivity index (χ1v) is 7.58. The third-order valence-electron chi connectivity index (χ3n) is 4.22. The number of aromatic nitrogens is 4. The fourth-order valence-corrected chi connectivity index (χ4v) is 2.79. The zero-order chi connectivity index (χ0) is 16.2. The number of aromatic amines is 1. The van der Waals surface area contributed by atoms with Gasteiger partial charge in [0.05, 0.1) is 13.4 Å². The van der Waals surface area contributed by atoms with Crippen LogP contribution in [0.2, 0.25) is 0 Å². The zero-order valence-electron chi connectivity index (χ0n) is 13.6. The van der Waals surface area contributed by atoms with Crippen molar-refractivity contribution < 1.29 is 4.74 Å². The lowest BCUT2D eigenvalue weighted by Crippen LogP contribution is -2.09. The highest BCUT2D eigenvalue weighted by atomic mass is 16.5. The van der Waals surface area contributed by atoms with Crippen LogP contribution in [0.15, 0.2) is 43.1 Å². The van der Waals surface area contributed by atoms with E-state index in [1.807, 2.05) is 18.6 Å². The standard InChI is InChI=1S/C18H20N4O/c1-12-5-4-6-15(13(12)2)16(17-10-19-11-22-17)7-14-8-20-18(23-3)21-9-14/h4-6,8-11,16H,7H2,1-3H3,(H,19,22). The molecule has 3 rings (SSSR count). The van der Waals surface area contributed by atoms with E-state index in [4.69, 9.17) is 4.74 Å². The van der Waals surface area contributed by atoms with Gasteiger partial charge in [-0.15, -0.1) is 0 Å². The van der Waals surface area contributed by atoms with Crippen molar-refractivity contribution in [3.63, 3.8) is 0 Å². The summed E-state index contributed by atoms with van der Waals surface area (Å²) in [5.41, 5.74) is 6.05. The summed E-state index contributed by atoms with van der Waals surface area (Å²) in [6, 6.07) is 6.81. The number of H-pyrrole nitrogens is 1. The van der Waals surface area contributed by atoms with Crippen LogP contribution in [-0.4, -0.2) is 27.0 Å². The number of benzene rings is 1. The van der Waals surface area contributed by atoms with Gasteiger partial charge in [0.25, 0.3) is 0 Å². The predicted molar refractivity (Wildman–Crippen MR) is 88.6 cm³/mol. The molecule has 0 radical (unpaired) electrons. The Labute approximate surface area is 135 Å². The molecule has 1 unspecified atom stereocenters. The summed E-state index contributed by atoms with van der Waals surface area (Å²) in [4.78, 5) is 15.8. The van der Waals surface area contributed by atoms with E-state index >= 15 is 0 Å². The molecule has 2 heterocycles. The Morgan fingerprint density at radius 2 is 1.91 bits per heavy atom. The SMILES string of the molecule is COc1ncc(CC(c2cnc[nH]2)c2cccc(C)c2C)cn1. The van der Waals surface area contributed by atoms with Gasteiger partial charge in [-0.25, -0.2) is 15.0 Å². The first-order chi connectivity index (χ1) is 11.2. The average molecular weight is 308 g/mol. The molecule has 1 atom stereocenters. The molecule has 0 saturated carbocycles. The topological polar surface area (TPSA) is 63.7 Å². The van der Waals surface area contributed by atoms with E-state index in [2.05, 4.69) is 52.0 Å². The summed E-state index contributed by atoms with van der Waals surface area (Å²) >= 11 is 0. The highest BCUT2D eigenvalue weighted by Gasteiger charge is 2.19. The normalized spacial score (nSPS) is 12.1. The van der Waals surface area contributed by atoms with Crippen molar-refractivity contribution in [1.29, 1.82) is 0 Å². The van der Waals surface area contributed by atoms with E-state index in [0.717, 1.165) is 17.7 Å². The van der Waals surface area contributed by atoms with Crippen LogP contribution in [0.1, 0.15) is 33.9 Å². The van der Waals surface area contributed by atoms with Gasteiger partial charge in [-0.05, 0) is 42.5 Å². The summed E-state index contributed by atoms with van der Waals surface area (Å²) in [6.45, 7) is 4.30. The van der Waals surface area contributed by atoms with Crippen molar-refractivity contribution in [3.8, 4) is 6.01 Å². The molecule has 0 aliphatic carbocycles. The zero-order valence-corrected chi connectivity index (χ0v) is 13.6. The van der Waals surface area contributed by atoms with Crippen molar-refractivity contribution in [2.45, 2.75) is 26.2 Å². The van der Waals surface area contributed by atoms with Crippen LogP contribution < -0.4 is 4.74 Å². The second-order valence-corrected chi connectivity index (χ2v) is 5.63. The van der Waals surface area contributed by atoms with Crippen LogP contribution in [0.5, 0.6) is 6.01 Å². The molecule has 2 aromatic heterocycles. The van der Waals surface area contributed by atoms with Crippen LogP contribution in [-0.2, 0) is 6.42 Å². The molecule has 0 bridgehead atoms. The van der Waals surface area contributed by atoms with Crippen LogP contribution in [0, 0.1) is 13.8 Å². The van der Waals surface area contributed by atoms with Gasteiger partial charge in [-0.1, -0.05) is 18.2 Å².